The molecule has 0 atom stereocenters. The minimum Gasteiger partial charge on any atom is -0.375 e. The first-order valence-corrected chi connectivity index (χ1v) is 7.59. The van der Waals surface area contributed by atoms with E-state index >= 15 is 0 Å². The molecule has 0 aliphatic rings. The number of nitrogens with two attached hydrogens (primary N) is 1. The summed E-state index contributed by atoms with van der Waals surface area (Å²) in [6.45, 7) is 5.90. The molecular weight excluding hydrogens is 302 g/mol. The fraction of sp³-hybridized carbons (Fsp3) is 0.214. The number of rotatable bonds is 4. The maximum absolute atomic E-state index is 5.37. The molecule has 0 aliphatic heterocycles. The molecule has 0 spiro atoms. The molecule has 0 aliphatic carbocycles. The third-order valence-corrected chi connectivity index (χ3v) is 4.03. The van der Waals surface area contributed by atoms with Crippen LogP contribution in [0.4, 0.5) is 10.8 Å². The number of benzene rings is 1. The highest BCUT2D eigenvalue weighted by Crippen LogP contribution is 2.26. The second kappa shape index (κ2) is 6.64. The summed E-state index contributed by atoms with van der Waals surface area (Å²) in [6.07, 6.45) is 0. The Kier molecular flexibility index (Phi) is 4.87. The zero-order chi connectivity index (χ0) is 15.4. The van der Waals surface area contributed by atoms with Gasteiger partial charge in [0.1, 0.15) is 0 Å². The van der Waals surface area contributed by atoms with Gasteiger partial charge in [0.25, 0.3) is 0 Å². The Labute approximate surface area is 133 Å². The van der Waals surface area contributed by atoms with Gasteiger partial charge in [0, 0.05) is 5.69 Å². The number of aryl methyl sites for hydroxylation is 2. The summed E-state index contributed by atoms with van der Waals surface area (Å²) in [7, 11) is 0. The molecule has 0 saturated heterocycles. The van der Waals surface area contributed by atoms with Crippen molar-refractivity contribution in [1.82, 2.24) is 10.4 Å². The lowest BCUT2D eigenvalue weighted by Crippen LogP contribution is -2.25. The van der Waals surface area contributed by atoms with Crippen LogP contribution in [-0.2, 0) is 0 Å². The first-order chi connectivity index (χ1) is 9.95. The molecular formula is C14H17N5S2. The Bertz CT molecular complexity index is 673. The molecule has 0 amide bonds. The maximum atomic E-state index is 5.37. The van der Waals surface area contributed by atoms with Crippen LogP contribution in [0.15, 0.2) is 29.4 Å². The number of nitrogens with zero attached hydrogens (tertiary/aromatic N) is 2. The van der Waals surface area contributed by atoms with E-state index < -0.39 is 0 Å². The van der Waals surface area contributed by atoms with Crippen molar-refractivity contribution < 1.29 is 0 Å². The van der Waals surface area contributed by atoms with Gasteiger partial charge in [0.15, 0.2) is 10.2 Å². The number of thiocarbonyl (C=S) groups is 1. The monoisotopic (exact) mass is 319 g/mol. The van der Waals surface area contributed by atoms with Gasteiger partial charge in [0.2, 0.25) is 0 Å². The summed E-state index contributed by atoms with van der Waals surface area (Å²) in [4.78, 5) is 5.51. The maximum Gasteiger partial charge on any atom is 0.188 e. The van der Waals surface area contributed by atoms with Crippen LogP contribution >= 0.6 is 23.6 Å². The lowest BCUT2D eigenvalue weighted by atomic mass is 10.2. The average molecular weight is 319 g/mol. The van der Waals surface area contributed by atoms with Gasteiger partial charge in [-0.2, -0.15) is 5.10 Å². The number of hydrogen-bond acceptors (Lipinski definition) is 5. The van der Waals surface area contributed by atoms with Crippen LogP contribution in [0.25, 0.3) is 0 Å². The van der Waals surface area contributed by atoms with Crippen molar-refractivity contribution in [2.75, 3.05) is 5.32 Å². The SMILES string of the molecule is C/C(=N/NC(N)=S)c1sc(Nc2ccc(C)cc2)nc1C. The first-order valence-electron chi connectivity index (χ1n) is 6.37. The molecule has 4 N–H and O–H groups in total. The summed E-state index contributed by atoms with van der Waals surface area (Å²) in [5.74, 6) is 0. The van der Waals surface area contributed by atoms with Crippen LogP contribution in [0.2, 0.25) is 0 Å². The standard InChI is InChI=1S/C14H17N5S2/c1-8-4-6-11(7-5-8)17-14-16-9(2)12(21-14)10(3)18-19-13(15)20/h4-7H,1-3H3,(H,16,17)(H3,15,19,20)/b18-10-. The Balaban J connectivity index is 2.17. The van der Waals surface area contributed by atoms with Crippen molar-refractivity contribution in [2.24, 2.45) is 10.8 Å². The number of thiazole rings is 1. The van der Waals surface area contributed by atoms with Crippen LogP contribution in [-0.4, -0.2) is 15.8 Å². The molecule has 2 rings (SSSR count). The highest BCUT2D eigenvalue weighted by atomic mass is 32.1. The van der Waals surface area contributed by atoms with E-state index in [1.807, 2.05) is 26.0 Å². The third-order valence-electron chi connectivity index (χ3n) is 2.76. The molecule has 7 heteroatoms. The largest absolute Gasteiger partial charge is 0.375 e. The molecule has 0 fully saturated rings. The topological polar surface area (TPSA) is 75.3 Å². The van der Waals surface area contributed by atoms with Gasteiger partial charge in [0.05, 0.1) is 16.3 Å². The number of nitrogens with one attached hydrogen (secondary N) is 2. The van der Waals surface area contributed by atoms with Crippen LogP contribution in [0, 0.1) is 13.8 Å². The molecule has 110 valence electrons. The molecule has 0 radical (unpaired) electrons. The second-order valence-corrected chi connectivity index (χ2v) is 6.04. The van der Waals surface area contributed by atoms with E-state index in [1.165, 1.54) is 5.56 Å². The third kappa shape index (κ3) is 4.24. The van der Waals surface area contributed by atoms with Gasteiger partial charge in [-0.1, -0.05) is 29.0 Å². The van der Waals surface area contributed by atoms with Crippen LogP contribution in [0.1, 0.15) is 23.1 Å². The number of anilines is 2. The molecule has 1 heterocycles. The van der Waals surface area contributed by atoms with Crippen LogP contribution < -0.4 is 16.5 Å². The van der Waals surface area contributed by atoms with Crippen molar-refractivity contribution in [3.8, 4) is 0 Å². The fourth-order valence-corrected chi connectivity index (χ4v) is 2.71. The second-order valence-electron chi connectivity index (χ2n) is 4.60. The highest BCUT2D eigenvalue weighted by Gasteiger charge is 2.10. The van der Waals surface area contributed by atoms with E-state index in [4.69, 9.17) is 18.0 Å². The summed E-state index contributed by atoms with van der Waals surface area (Å²) in [5, 5.41) is 8.40. The average Bonchev–Trinajstić information content (AvgIpc) is 2.79. The smallest absolute Gasteiger partial charge is 0.188 e. The molecule has 5 nitrogen and oxygen atoms in total. The number of aromatic nitrogens is 1. The molecule has 0 bridgehead atoms. The van der Waals surface area contributed by atoms with Crippen molar-refractivity contribution in [2.45, 2.75) is 20.8 Å². The number of hydrazone groups is 1. The minimum absolute atomic E-state index is 0.148. The fourth-order valence-electron chi connectivity index (χ4n) is 1.74. The highest BCUT2D eigenvalue weighted by molar-refractivity contribution is 7.80. The van der Waals surface area contributed by atoms with Gasteiger partial charge >= 0.3 is 0 Å². The van der Waals surface area contributed by atoms with E-state index in [9.17, 15) is 0 Å². The van der Waals surface area contributed by atoms with Crippen molar-refractivity contribution in [3.05, 3.63) is 40.4 Å². The van der Waals surface area contributed by atoms with Crippen molar-refractivity contribution in [3.63, 3.8) is 0 Å². The lowest BCUT2D eigenvalue weighted by molar-refractivity contribution is 1.03. The Morgan fingerprint density at radius 1 is 1.29 bits per heavy atom. The zero-order valence-electron chi connectivity index (χ0n) is 12.1. The van der Waals surface area contributed by atoms with Gasteiger partial charge in [-0.3, -0.25) is 5.43 Å². The van der Waals surface area contributed by atoms with Crippen molar-refractivity contribution in [1.29, 1.82) is 0 Å². The first kappa shape index (κ1) is 15.4. The lowest BCUT2D eigenvalue weighted by Gasteiger charge is -2.02. The van der Waals surface area contributed by atoms with Crippen LogP contribution in [0.5, 0.6) is 0 Å². The van der Waals surface area contributed by atoms with Crippen molar-refractivity contribution >= 4 is 45.2 Å². The molecule has 1 aromatic heterocycles. The number of hydrogen-bond donors (Lipinski definition) is 3. The Morgan fingerprint density at radius 3 is 2.57 bits per heavy atom. The molecule has 2 aromatic rings. The molecule has 1 aromatic carbocycles. The minimum atomic E-state index is 0.148. The Hall–Kier alpha value is -1.99. The van der Waals surface area contributed by atoms with E-state index in [0.29, 0.717) is 0 Å². The molecule has 0 saturated carbocycles. The molecule has 0 unspecified atom stereocenters. The Morgan fingerprint density at radius 2 is 1.95 bits per heavy atom. The summed E-state index contributed by atoms with van der Waals surface area (Å²) < 4.78 is 0. The van der Waals surface area contributed by atoms with Crippen LogP contribution in [0.3, 0.4) is 0 Å². The summed E-state index contributed by atoms with van der Waals surface area (Å²) in [5.41, 5.74) is 11.9. The zero-order valence-corrected chi connectivity index (χ0v) is 13.7. The predicted molar refractivity (Wildman–Crippen MR) is 93.4 cm³/mol. The van der Waals surface area contributed by atoms with E-state index in [0.717, 1.165) is 27.1 Å². The molecule has 21 heavy (non-hydrogen) atoms. The summed E-state index contributed by atoms with van der Waals surface area (Å²) >= 11 is 6.28. The predicted octanol–water partition coefficient (Wildman–Crippen LogP) is 3.06. The van der Waals surface area contributed by atoms with E-state index in [1.54, 1.807) is 11.3 Å². The van der Waals surface area contributed by atoms with Gasteiger partial charge in [-0.15, -0.1) is 0 Å². The normalized spacial score (nSPS) is 11.3. The van der Waals surface area contributed by atoms with E-state index in [2.05, 4.69) is 39.9 Å². The van der Waals surface area contributed by atoms with Gasteiger partial charge < -0.3 is 11.1 Å². The van der Waals surface area contributed by atoms with E-state index in [-0.39, 0.29) is 5.11 Å². The summed E-state index contributed by atoms with van der Waals surface area (Å²) in [6, 6.07) is 8.17. The van der Waals surface area contributed by atoms with Gasteiger partial charge in [-0.05, 0) is 45.1 Å². The quantitative estimate of drug-likeness (QED) is 0.459. The van der Waals surface area contributed by atoms with Gasteiger partial charge in [-0.25, -0.2) is 4.98 Å².